The number of esters is 1. The van der Waals surface area contributed by atoms with Gasteiger partial charge >= 0.3 is 5.97 Å². The molecule has 0 radical (unpaired) electrons. The molecule has 0 saturated carbocycles. The van der Waals surface area contributed by atoms with Gasteiger partial charge in [-0.15, -0.1) is 0 Å². The first-order chi connectivity index (χ1) is 22.5. The molecule has 0 unspecified atom stereocenters. The number of halogens is 2. The van der Waals surface area contributed by atoms with Crippen molar-refractivity contribution in [2.45, 2.75) is 51.6 Å². The number of likely N-dealkylation sites (tertiary alicyclic amines) is 2. The number of aliphatic hydroxyl groups is 1. The number of nitrogens with one attached hydrogen (secondary N) is 3. The molecule has 3 aromatic rings. The van der Waals surface area contributed by atoms with E-state index in [0.29, 0.717) is 60.7 Å². The molecule has 2 aromatic heterocycles. The van der Waals surface area contributed by atoms with Crippen molar-refractivity contribution in [3.8, 4) is 0 Å². The van der Waals surface area contributed by atoms with Gasteiger partial charge in [0.05, 0.1) is 40.4 Å². The summed E-state index contributed by atoms with van der Waals surface area (Å²) in [7, 11) is 0. The van der Waals surface area contributed by atoms with Gasteiger partial charge in [0.25, 0.3) is 5.91 Å². The fraction of sp³-hybridized carbons (Fsp3) is 0.424. The number of hydrogen-bond acceptors (Lipinski definition) is 9. The van der Waals surface area contributed by atoms with E-state index < -0.39 is 23.3 Å². The summed E-state index contributed by atoms with van der Waals surface area (Å²) in [5.41, 5.74) is 1.76. The maximum absolute atomic E-state index is 13.8. The number of nitrogens with zero attached hydrogens (tertiary/aromatic N) is 4. The minimum Gasteiger partial charge on any atom is -0.462 e. The zero-order valence-electron chi connectivity index (χ0n) is 26.3. The number of piperidine rings is 1. The number of H-pyrrole nitrogens is 1. The largest absolute Gasteiger partial charge is 0.462 e. The zero-order chi connectivity index (χ0) is 33.3. The molecule has 248 valence electrons. The number of benzene rings is 1. The summed E-state index contributed by atoms with van der Waals surface area (Å²) in [5.74, 6) is -1.23. The van der Waals surface area contributed by atoms with Crippen LogP contribution >= 0.6 is 11.6 Å². The van der Waals surface area contributed by atoms with Gasteiger partial charge in [-0.2, -0.15) is 0 Å². The number of amides is 2. The molecule has 1 aromatic carbocycles. The lowest BCUT2D eigenvalue weighted by molar-refractivity contribution is -0.135. The summed E-state index contributed by atoms with van der Waals surface area (Å²) in [6.45, 7) is 7.00. The topological polar surface area (TPSA) is 153 Å². The van der Waals surface area contributed by atoms with Crippen LogP contribution in [0.25, 0.3) is 11.6 Å². The molecule has 4 N–H and O–H groups in total. The van der Waals surface area contributed by atoms with Crippen molar-refractivity contribution in [1.29, 1.82) is 0 Å². The molecule has 3 aliphatic heterocycles. The summed E-state index contributed by atoms with van der Waals surface area (Å²) < 4.78 is 19.1. The third kappa shape index (κ3) is 6.87. The van der Waals surface area contributed by atoms with Crippen LogP contribution in [0.15, 0.2) is 24.5 Å². The standard InChI is InChI=1S/C33H37ClFN7O5/c1-3-47-32(45)27-19(2)24(39-25(27)16-26(43)42-12-8-33(46,9-13-42)17-41-10-4-5-11-41)15-21-28-29(36-18-37-30(28)40-31(21)44)38-20-6-7-23(35)22(34)14-20/h6-7,14-15,18,39,46H,3-5,8-13,16-17H2,1-2H3,(H2,36,37,38,40,44)/b21-15-. The number of ether oxygens (including phenoxy) is 1. The van der Waals surface area contributed by atoms with Crippen LogP contribution in [0.4, 0.5) is 21.7 Å². The Hall–Kier alpha value is -4.33. The average Bonchev–Trinajstić information content (AvgIpc) is 3.73. The van der Waals surface area contributed by atoms with Crippen LogP contribution in [0.3, 0.4) is 0 Å². The molecular formula is C33H37ClFN7O5. The predicted octanol–water partition coefficient (Wildman–Crippen LogP) is 4.31. The Morgan fingerprint density at radius 2 is 1.94 bits per heavy atom. The molecule has 47 heavy (non-hydrogen) atoms. The summed E-state index contributed by atoms with van der Waals surface area (Å²) in [5, 5.41) is 16.9. The first-order valence-electron chi connectivity index (χ1n) is 15.8. The van der Waals surface area contributed by atoms with E-state index >= 15 is 0 Å². The zero-order valence-corrected chi connectivity index (χ0v) is 27.0. The van der Waals surface area contributed by atoms with E-state index in [1.165, 1.54) is 24.5 Å². The summed E-state index contributed by atoms with van der Waals surface area (Å²) in [4.78, 5) is 55.6. The Balaban J connectivity index is 1.26. The Morgan fingerprint density at radius 3 is 2.64 bits per heavy atom. The molecule has 5 heterocycles. The van der Waals surface area contributed by atoms with Crippen molar-refractivity contribution in [2.24, 2.45) is 0 Å². The average molecular weight is 666 g/mol. The van der Waals surface area contributed by atoms with Gasteiger partial charge in [-0.25, -0.2) is 19.2 Å². The molecule has 12 nitrogen and oxygen atoms in total. The maximum atomic E-state index is 13.8. The predicted molar refractivity (Wildman–Crippen MR) is 175 cm³/mol. The van der Waals surface area contributed by atoms with Gasteiger partial charge < -0.3 is 35.3 Å². The third-order valence-electron chi connectivity index (χ3n) is 9.00. The van der Waals surface area contributed by atoms with Gasteiger partial charge in [-0.3, -0.25) is 9.59 Å². The van der Waals surface area contributed by atoms with Crippen LogP contribution in [-0.4, -0.2) is 92.6 Å². The molecule has 0 aliphatic carbocycles. The maximum Gasteiger partial charge on any atom is 0.340 e. The smallest absolute Gasteiger partial charge is 0.340 e. The first-order valence-corrected chi connectivity index (χ1v) is 16.1. The highest BCUT2D eigenvalue weighted by Crippen LogP contribution is 2.38. The second-order valence-electron chi connectivity index (χ2n) is 12.2. The van der Waals surface area contributed by atoms with E-state index in [9.17, 15) is 23.9 Å². The van der Waals surface area contributed by atoms with Gasteiger partial charge in [0.2, 0.25) is 5.91 Å². The van der Waals surface area contributed by atoms with Crippen molar-refractivity contribution in [3.05, 3.63) is 63.4 Å². The van der Waals surface area contributed by atoms with E-state index in [1.54, 1.807) is 24.8 Å². The van der Waals surface area contributed by atoms with Crippen LogP contribution < -0.4 is 10.6 Å². The van der Waals surface area contributed by atoms with Gasteiger partial charge in [0.1, 0.15) is 23.8 Å². The van der Waals surface area contributed by atoms with Crippen molar-refractivity contribution in [2.75, 3.05) is 50.0 Å². The monoisotopic (exact) mass is 665 g/mol. The number of β-amino-alcohol motifs (C(OH)–C–C–N with tert-alkyl or cyclic N) is 1. The molecule has 2 fully saturated rings. The number of anilines is 3. The fourth-order valence-electron chi connectivity index (χ4n) is 6.50. The Labute approximate surface area is 276 Å². The highest BCUT2D eigenvalue weighted by atomic mass is 35.5. The molecule has 6 rings (SSSR count). The van der Waals surface area contributed by atoms with Crippen LogP contribution in [0, 0.1) is 12.7 Å². The second kappa shape index (κ2) is 13.4. The van der Waals surface area contributed by atoms with Gasteiger partial charge in [-0.05, 0) is 82.5 Å². The van der Waals surface area contributed by atoms with Crippen LogP contribution in [0.5, 0.6) is 0 Å². The van der Waals surface area contributed by atoms with E-state index in [2.05, 4.69) is 30.5 Å². The molecule has 2 amide bonds. The number of carbonyl (C=O) groups is 3. The Morgan fingerprint density at radius 1 is 1.19 bits per heavy atom. The normalized spacial score (nSPS) is 18.4. The third-order valence-corrected chi connectivity index (χ3v) is 9.29. The molecule has 2 saturated heterocycles. The fourth-order valence-corrected chi connectivity index (χ4v) is 6.68. The highest BCUT2D eigenvalue weighted by molar-refractivity contribution is 6.35. The summed E-state index contributed by atoms with van der Waals surface area (Å²) in [6, 6.07) is 4.11. The molecule has 0 atom stereocenters. The molecule has 0 bridgehead atoms. The number of fused-ring (bicyclic) bond motifs is 1. The number of hydrogen-bond donors (Lipinski definition) is 4. The van der Waals surface area contributed by atoms with E-state index in [1.807, 2.05) is 0 Å². The van der Waals surface area contributed by atoms with Gasteiger partial charge in [0.15, 0.2) is 0 Å². The van der Waals surface area contributed by atoms with E-state index in [4.69, 9.17) is 16.3 Å². The minimum atomic E-state index is -0.821. The molecule has 3 aliphatic rings. The van der Waals surface area contributed by atoms with Crippen molar-refractivity contribution in [1.82, 2.24) is 24.8 Å². The number of carbonyl (C=O) groups excluding carboxylic acids is 3. The van der Waals surface area contributed by atoms with Crippen LogP contribution in [0.2, 0.25) is 5.02 Å². The highest BCUT2D eigenvalue weighted by Gasteiger charge is 2.37. The Bertz CT molecular complexity index is 1740. The second-order valence-corrected chi connectivity index (χ2v) is 12.6. The number of rotatable bonds is 9. The van der Waals surface area contributed by atoms with Crippen molar-refractivity contribution < 1.29 is 28.6 Å². The van der Waals surface area contributed by atoms with Gasteiger partial charge in [0, 0.05) is 36.7 Å². The lowest BCUT2D eigenvalue weighted by atomic mass is 9.90. The van der Waals surface area contributed by atoms with Crippen LogP contribution in [-0.2, 0) is 20.7 Å². The molecular weight excluding hydrogens is 629 g/mol. The van der Waals surface area contributed by atoms with E-state index in [-0.39, 0.29) is 46.7 Å². The SMILES string of the molecule is CCOC(=O)c1c(CC(=O)N2CCC(O)(CN3CCCC3)CC2)[nH]c(/C=C2\C(=O)Nc3ncnc(Nc4ccc(F)c(Cl)c4)c32)c1C. The summed E-state index contributed by atoms with van der Waals surface area (Å²) >= 11 is 5.96. The minimum absolute atomic E-state index is 0.0800. The lowest BCUT2D eigenvalue weighted by Crippen LogP contribution is -2.52. The van der Waals surface area contributed by atoms with E-state index in [0.717, 1.165) is 25.9 Å². The van der Waals surface area contributed by atoms with Crippen molar-refractivity contribution >= 4 is 58.4 Å². The Kier molecular flexibility index (Phi) is 9.31. The first kappa shape index (κ1) is 32.6. The molecule has 0 spiro atoms. The van der Waals surface area contributed by atoms with Crippen molar-refractivity contribution in [3.63, 3.8) is 0 Å². The quantitative estimate of drug-likeness (QED) is 0.194. The molecule has 14 heteroatoms. The lowest BCUT2D eigenvalue weighted by Gasteiger charge is -2.40. The number of aromatic nitrogens is 3. The number of aromatic amines is 1. The van der Waals surface area contributed by atoms with Crippen LogP contribution in [0.1, 0.15) is 65.5 Å². The summed E-state index contributed by atoms with van der Waals surface area (Å²) in [6.07, 6.45) is 6.03. The van der Waals surface area contributed by atoms with Gasteiger partial charge in [-0.1, -0.05) is 11.6 Å².